The minimum atomic E-state index is -0.723. The molecule has 2 amide bonds. The molecule has 0 bridgehead atoms. The number of hydrogen-bond acceptors (Lipinski definition) is 6. The van der Waals surface area contributed by atoms with Gasteiger partial charge in [-0.3, -0.25) is 14.5 Å². The quantitative estimate of drug-likeness (QED) is 0.529. The topological polar surface area (TPSA) is 104 Å². The Morgan fingerprint density at radius 3 is 2.54 bits per heavy atom. The molecule has 1 aromatic heterocycles. The Morgan fingerprint density at radius 2 is 1.86 bits per heavy atom. The summed E-state index contributed by atoms with van der Waals surface area (Å²) in [6, 6.07) is 14.6. The molecule has 37 heavy (non-hydrogen) atoms. The van der Waals surface area contributed by atoms with Crippen molar-refractivity contribution in [2.45, 2.75) is 64.1 Å². The zero-order chi connectivity index (χ0) is 26.7. The zero-order valence-electron chi connectivity index (χ0n) is 21.6. The van der Waals surface area contributed by atoms with Crippen molar-refractivity contribution in [1.29, 1.82) is 5.26 Å². The van der Waals surface area contributed by atoms with Crippen molar-refractivity contribution in [3.63, 3.8) is 0 Å². The first-order valence-electron chi connectivity index (χ1n) is 12.4. The maximum absolute atomic E-state index is 13.1. The average molecular weight is 521 g/mol. The van der Waals surface area contributed by atoms with Crippen molar-refractivity contribution >= 4 is 33.6 Å². The molecule has 194 valence electrons. The first-order chi connectivity index (χ1) is 17.6. The Kier molecular flexibility index (Phi) is 7.69. The predicted molar refractivity (Wildman–Crippen MR) is 144 cm³/mol. The van der Waals surface area contributed by atoms with E-state index in [9.17, 15) is 19.6 Å². The number of nitrogens with one attached hydrogen (secondary N) is 1. The van der Waals surface area contributed by atoms with E-state index in [1.165, 1.54) is 16.2 Å². The van der Waals surface area contributed by atoms with Crippen molar-refractivity contribution in [3.8, 4) is 17.2 Å². The zero-order valence-corrected chi connectivity index (χ0v) is 22.4. The van der Waals surface area contributed by atoms with Gasteiger partial charge in [0.25, 0.3) is 0 Å². The van der Waals surface area contributed by atoms with Crippen molar-refractivity contribution in [1.82, 2.24) is 14.8 Å². The summed E-state index contributed by atoms with van der Waals surface area (Å²) in [6.07, 6.45) is 2.03. The number of nitrogens with zero attached hydrogens (tertiary/aromatic N) is 3. The predicted octanol–water partition coefficient (Wildman–Crippen LogP) is 4.61. The van der Waals surface area contributed by atoms with Crippen LogP contribution >= 0.6 is 11.3 Å². The van der Waals surface area contributed by atoms with E-state index in [2.05, 4.69) is 11.4 Å². The summed E-state index contributed by atoms with van der Waals surface area (Å²) in [6.45, 7) is 5.84. The number of ether oxygens (including phenoxy) is 1. The molecule has 1 aliphatic rings. The summed E-state index contributed by atoms with van der Waals surface area (Å²) in [5.41, 5.74) is 3.18. The van der Waals surface area contributed by atoms with Gasteiger partial charge in [-0.15, -0.1) is 0 Å². The van der Waals surface area contributed by atoms with Crippen molar-refractivity contribution in [3.05, 3.63) is 57.7 Å². The Balaban J connectivity index is 1.42. The Morgan fingerprint density at radius 1 is 1.16 bits per heavy atom. The highest BCUT2D eigenvalue weighted by atomic mass is 32.1. The van der Waals surface area contributed by atoms with E-state index >= 15 is 0 Å². The van der Waals surface area contributed by atoms with Crippen molar-refractivity contribution in [2.24, 2.45) is 7.05 Å². The second-order valence-electron chi connectivity index (χ2n) is 10.4. The fourth-order valence-corrected chi connectivity index (χ4v) is 5.44. The van der Waals surface area contributed by atoms with Gasteiger partial charge in [-0.05, 0) is 68.9 Å². The second-order valence-corrected chi connectivity index (χ2v) is 11.4. The Hall–Kier alpha value is -3.64. The molecule has 2 aromatic carbocycles. The number of piperidine rings is 1. The summed E-state index contributed by atoms with van der Waals surface area (Å²) in [5, 5.41) is 12.6. The fraction of sp³-hybridized carbons (Fsp3) is 0.429. The van der Waals surface area contributed by atoms with Crippen LogP contribution in [0.15, 0.2) is 47.3 Å². The lowest BCUT2D eigenvalue weighted by Crippen LogP contribution is -2.54. The fourth-order valence-electron chi connectivity index (χ4n) is 4.52. The van der Waals surface area contributed by atoms with Gasteiger partial charge in [0, 0.05) is 20.0 Å². The third-order valence-corrected chi connectivity index (χ3v) is 7.42. The maximum atomic E-state index is 13.1. The van der Waals surface area contributed by atoms with E-state index in [4.69, 9.17) is 4.74 Å². The monoisotopic (exact) mass is 520 g/mol. The number of carbonyl (C=O) groups is 2. The number of thiazole rings is 1. The molecule has 1 N–H and O–H groups in total. The highest BCUT2D eigenvalue weighted by Gasteiger charge is 2.35. The van der Waals surface area contributed by atoms with Crippen molar-refractivity contribution < 1.29 is 14.3 Å². The number of rotatable bonds is 5. The van der Waals surface area contributed by atoms with Gasteiger partial charge in [-0.2, -0.15) is 5.26 Å². The number of aromatic nitrogens is 1. The molecule has 4 rings (SSSR count). The van der Waals surface area contributed by atoms with Crippen LogP contribution in [0, 0.1) is 11.3 Å². The van der Waals surface area contributed by atoms with Crippen LogP contribution in [0.2, 0.25) is 0 Å². The molecule has 0 radical (unpaired) electrons. The van der Waals surface area contributed by atoms with Gasteiger partial charge < -0.3 is 14.6 Å². The van der Waals surface area contributed by atoms with Crippen LogP contribution in [-0.4, -0.2) is 45.7 Å². The molecule has 3 aromatic rings. The molecule has 9 heteroatoms. The van der Waals surface area contributed by atoms with Gasteiger partial charge in [-0.1, -0.05) is 41.7 Å². The van der Waals surface area contributed by atoms with Gasteiger partial charge >= 0.3 is 11.0 Å². The lowest BCUT2D eigenvalue weighted by Gasteiger charge is -2.36. The van der Waals surface area contributed by atoms with E-state index in [0.717, 1.165) is 39.7 Å². The molecule has 2 atom stereocenters. The van der Waals surface area contributed by atoms with Crippen LogP contribution < -0.4 is 10.2 Å². The molecule has 0 saturated carbocycles. The van der Waals surface area contributed by atoms with Gasteiger partial charge in [-0.25, -0.2) is 4.79 Å². The van der Waals surface area contributed by atoms with Crippen LogP contribution in [0.3, 0.4) is 0 Å². The molecule has 0 spiro atoms. The minimum Gasteiger partial charge on any atom is -0.444 e. The summed E-state index contributed by atoms with van der Waals surface area (Å²) < 4.78 is 8.07. The highest BCUT2D eigenvalue weighted by Crippen LogP contribution is 2.26. The smallest absolute Gasteiger partial charge is 0.410 e. The van der Waals surface area contributed by atoms with Crippen LogP contribution in [-0.2, 0) is 23.0 Å². The molecule has 0 aliphatic carbocycles. The van der Waals surface area contributed by atoms with Crippen LogP contribution in [0.4, 0.5) is 4.79 Å². The number of carbonyl (C=O) groups excluding carboxylic acids is 2. The number of nitriles is 1. The number of hydrogen-bond donors (Lipinski definition) is 1. The normalized spacial score (nSPS) is 16.7. The van der Waals surface area contributed by atoms with E-state index in [-0.39, 0.29) is 10.8 Å². The highest BCUT2D eigenvalue weighted by molar-refractivity contribution is 7.16. The third-order valence-electron chi connectivity index (χ3n) is 6.43. The third kappa shape index (κ3) is 6.20. The molecule has 1 unspecified atom stereocenters. The summed E-state index contributed by atoms with van der Waals surface area (Å²) in [7, 11) is 1.77. The molecule has 8 nitrogen and oxygen atoms in total. The largest absolute Gasteiger partial charge is 0.444 e. The van der Waals surface area contributed by atoms with Gasteiger partial charge in [0.2, 0.25) is 5.91 Å². The van der Waals surface area contributed by atoms with Crippen molar-refractivity contribution in [2.75, 3.05) is 6.54 Å². The van der Waals surface area contributed by atoms with Crippen LogP contribution in [0.1, 0.15) is 45.6 Å². The maximum Gasteiger partial charge on any atom is 0.410 e. The number of fused-ring (bicyclic) bond motifs is 1. The molecule has 1 fully saturated rings. The first kappa shape index (κ1) is 26.4. The lowest BCUT2D eigenvalue weighted by molar-refractivity contribution is -0.128. The Bertz CT molecular complexity index is 1390. The van der Waals surface area contributed by atoms with Crippen LogP contribution in [0.25, 0.3) is 21.3 Å². The molecule has 2 heterocycles. The van der Waals surface area contributed by atoms with Crippen LogP contribution in [0.5, 0.6) is 0 Å². The van der Waals surface area contributed by atoms with E-state index < -0.39 is 23.8 Å². The summed E-state index contributed by atoms with van der Waals surface area (Å²) in [5.74, 6) is -0.330. The first-order valence-corrected chi connectivity index (χ1v) is 13.3. The van der Waals surface area contributed by atoms with Gasteiger partial charge in [0.05, 0.1) is 16.3 Å². The van der Waals surface area contributed by atoms with Gasteiger partial charge in [0.15, 0.2) is 0 Å². The Labute approximate surface area is 220 Å². The summed E-state index contributed by atoms with van der Waals surface area (Å²) in [4.78, 5) is 39.2. The molecule has 1 saturated heterocycles. The number of benzene rings is 2. The summed E-state index contributed by atoms with van der Waals surface area (Å²) >= 11 is 1.22. The average Bonchev–Trinajstić information content (AvgIpc) is 3.15. The number of aryl methyl sites for hydroxylation is 1. The van der Waals surface area contributed by atoms with Gasteiger partial charge in [0.1, 0.15) is 17.7 Å². The SMILES string of the molecule is Cn1c(=O)sc2cc(-c3ccc(C[C@@H](C#N)NC(=O)C4CCCCN4C(=O)OC(C)(C)C)cc3)ccc21. The molecule has 1 aliphatic heterocycles. The number of likely N-dealkylation sites (tertiary alicyclic amines) is 1. The van der Waals surface area contributed by atoms with E-state index in [0.29, 0.717) is 19.4 Å². The number of amides is 2. The minimum absolute atomic E-state index is 0.00883. The van der Waals surface area contributed by atoms with E-state index in [1.807, 2.05) is 42.5 Å². The lowest BCUT2D eigenvalue weighted by atomic mass is 9.99. The van der Waals surface area contributed by atoms with E-state index in [1.54, 1.807) is 32.4 Å². The molecular weight excluding hydrogens is 488 g/mol. The molecular formula is C28H32N4O4S. The second kappa shape index (κ2) is 10.8. The standard InChI is InChI=1S/C28H32N4O4S/c1-28(2,3)36-26(34)32-14-6-5-7-23(32)25(33)30-21(17-29)15-18-8-10-19(11-9-18)20-12-13-22-24(16-20)37-27(35)31(22)4/h8-13,16,21,23H,5-7,14-15H2,1-4H3,(H,30,33)/t21-,23?/m0/s1.